The van der Waals surface area contributed by atoms with Crippen LogP contribution in [0.15, 0.2) is 30.5 Å². The molecule has 2 N–H and O–H groups in total. The average Bonchev–Trinajstić information content (AvgIpc) is 2.87. The minimum atomic E-state index is -0.434. The summed E-state index contributed by atoms with van der Waals surface area (Å²) in [6, 6.07) is 8.11. The molecule has 4 heteroatoms. The normalized spacial score (nSPS) is 19.2. The number of aliphatic hydroxyl groups is 1. The van der Waals surface area contributed by atoms with Crippen LogP contribution < -0.4 is 0 Å². The Kier molecular flexibility index (Phi) is 3.32. The third-order valence-electron chi connectivity index (χ3n) is 3.50. The van der Waals surface area contributed by atoms with E-state index in [9.17, 15) is 5.11 Å². The van der Waals surface area contributed by atoms with Crippen LogP contribution in [0.3, 0.4) is 0 Å². The predicted molar refractivity (Wildman–Crippen MR) is 70.5 cm³/mol. The molecule has 0 saturated carbocycles. The molecular weight excluding hydrogens is 228 g/mol. The highest BCUT2D eigenvalue weighted by atomic mass is 16.5. The van der Waals surface area contributed by atoms with Gasteiger partial charge in [0.1, 0.15) is 0 Å². The van der Waals surface area contributed by atoms with Gasteiger partial charge in [-0.3, -0.25) is 4.90 Å². The Morgan fingerprint density at radius 1 is 1.28 bits per heavy atom. The molecule has 1 unspecified atom stereocenters. The van der Waals surface area contributed by atoms with Gasteiger partial charge in [0.25, 0.3) is 0 Å². The van der Waals surface area contributed by atoms with Gasteiger partial charge in [-0.25, -0.2) is 0 Å². The van der Waals surface area contributed by atoms with Crippen LogP contribution in [0.2, 0.25) is 0 Å². The molecule has 2 heterocycles. The van der Waals surface area contributed by atoms with Crippen molar-refractivity contribution in [2.75, 3.05) is 32.8 Å². The maximum Gasteiger partial charge on any atom is 0.0917 e. The first-order chi connectivity index (χ1) is 8.83. The van der Waals surface area contributed by atoms with Crippen LogP contribution in [0.1, 0.15) is 11.7 Å². The summed E-state index contributed by atoms with van der Waals surface area (Å²) in [6.07, 6.45) is 1.49. The summed E-state index contributed by atoms with van der Waals surface area (Å²) in [5.74, 6) is 0. The van der Waals surface area contributed by atoms with Gasteiger partial charge in [0.05, 0.1) is 19.3 Å². The molecule has 1 aromatic heterocycles. The maximum absolute atomic E-state index is 10.3. The number of H-pyrrole nitrogens is 1. The smallest absolute Gasteiger partial charge is 0.0917 e. The van der Waals surface area contributed by atoms with Crippen LogP contribution in [0.5, 0.6) is 0 Å². The zero-order valence-corrected chi connectivity index (χ0v) is 10.3. The fourth-order valence-electron chi connectivity index (χ4n) is 2.41. The quantitative estimate of drug-likeness (QED) is 0.863. The van der Waals surface area contributed by atoms with Gasteiger partial charge in [-0.15, -0.1) is 0 Å². The Balaban J connectivity index is 1.72. The van der Waals surface area contributed by atoms with Crippen LogP contribution in [0.25, 0.3) is 10.9 Å². The van der Waals surface area contributed by atoms with Gasteiger partial charge in [0.15, 0.2) is 0 Å². The molecule has 0 spiro atoms. The molecule has 1 atom stereocenters. The van der Waals surface area contributed by atoms with E-state index in [0.29, 0.717) is 6.54 Å². The Morgan fingerprint density at radius 3 is 2.94 bits per heavy atom. The van der Waals surface area contributed by atoms with Crippen LogP contribution in [0, 0.1) is 0 Å². The summed E-state index contributed by atoms with van der Waals surface area (Å²) >= 11 is 0. The van der Waals surface area contributed by atoms with Gasteiger partial charge >= 0.3 is 0 Å². The number of hydrogen-bond acceptors (Lipinski definition) is 3. The number of rotatable bonds is 3. The lowest BCUT2D eigenvalue weighted by atomic mass is 10.1. The number of hydrogen-bond donors (Lipinski definition) is 2. The van der Waals surface area contributed by atoms with Gasteiger partial charge in [-0.2, -0.15) is 0 Å². The second-order valence-corrected chi connectivity index (χ2v) is 4.75. The second kappa shape index (κ2) is 5.10. The van der Waals surface area contributed by atoms with Crippen molar-refractivity contribution in [2.45, 2.75) is 6.10 Å². The number of nitrogens with zero attached hydrogens (tertiary/aromatic N) is 1. The zero-order chi connectivity index (χ0) is 12.4. The largest absolute Gasteiger partial charge is 0.387 e. The standard InChI is InChI=1S/C14H18N2O2/c17-14(10-16-5-7-18-8-6-16)12-2-1-11-3-4-15-13(11)9-12/h1-4,9,14-15,17H,5-8,10H2. The van der Waals surface area contributed by atoms with Gasteiger partial charge in [-0.05, 0) is 23.1 Å². The molecule has 1 aromatic carbocycles. The summed E-state index contributed by atoms with van der Waals surface area (Å²) in [6.45, 7) is 4.02. The minimum absolute atomic E-state index is 0.434. The Hall–Kier alpha value is -1.36. The molecule has 3 rings (SSSR count). The molecule has 0 amide bonds. The van der Waals surface area contributed by atoms with Crippen molar-refractivity contribution in [1.29, 1.82) is 0 Å². The number of benzene rings is 1. The van der Waals surface area contributed by atoms with Crippen molar-refractivity contribution in [3.63, 3.8) is 0 Å². The molecule has 0 aliphatic carbocycles. The van der Waals surface area contributed by atoms with E-state index in [4.69, 9.17) is 4.74 Å². The number of aliphatic hydroxyl groups excluding tert-OH is 1. The third-order valence-corrected chi connectivity index (χ3v) is 3.50. The SMILES string of the molecule is OC(CN1CCOCC1)c1ccc2cc[nH]c2c1. The van der Waals surface area contributed by atoms with Gasteiger partial charge in [-0.1, -0.05) is 12.1 Å². The van der Waals surface area contributed by atoms with E-state index >= 15 is 0 Å². The lowest BCUT2D eigenvalue weighted by Crippen LogP contribution is -2.38. The van der Waals surface area contributed by atoms with Crippen molar-refractivity contribution < 1.29 is 9.84 Å². The molecular formula is C14H18N2O2. The Bertz CT molecular complexity index is 517. The van der Waals surface area contributed by atoms with E-state index in [1.807, 2.05) is 30.5 Å². The van der Waals surface area contributed by atoms with Crippen molar-refractivity contribution >= 4 is 10.9 Å². The predicted octanol–water partition coefficient (Wildman–Crippen LogP) is 1.53. The lowest BCUT2D eigenvalue weighted by Gasteiger charge is -2.28. The molecule has 1 saturated heterocycles. The van der Waals surface area contributed by atoms with Crippen molar-refractivity contribution in [3.05, 3.63) is 36.0 Å². The average molecular weight is 246 g/mol. The maximum atomic E-state index is 10.3. The number of aromatic nitrogens is 1. The summed E-state index contributed by atoms with van der Waals surface area (Å²) < 4.78 is 5.31. The highest BCUT2D eigenvalue weighted by Crippen LogP contribution is 2.20. The molecule has 0 radical (unpaired) electrons. The lowest BCUT2D eigenvalue weighted by molar-refractivity contribution is 0.0143. The van der Waals surface area contributed by atoms with E-state index in [1.54, 1.807) is 0 Å². The number of aromatic amines is 1. The highest BCUT2D eigenvalue weighted by molar-refractivity contribution is 5.79. The van der Waals surface area contributed by atoms with Crippen LogP contribution in [0.4, 0.5) is 0 Å². The molecule has 96 valence electrons. The molecule has 0 bridgehead atoms. The van der Waals surface area contributed by atoms with Crippen molar-refractivity contribution in [2.24, 2.45) is 0 Å². The number of fused-ring (bicyclic) bond motifs is 1. The van der Waals surface area contributed by atoms with E-state index in [1.165, 1.54) is 5.39 Å². The number of β-amino-alcohol motifs (C(OH)–C–C–N with tert-alkyl or cyclic N) is 1. The van der Waals surface area contributed by atoms with Crippen LogP contribution >= 0.6 is 0 Å². The van der Waals surface area contributed by atoms with E-state index in [-0.39, 0.29) is 0 Å². The van der Waals surface area contributed by atoms with Crippen molar-refractivity contribution in [1.82, 2.24) is 9.88 Å². The fourth-order valence-corrected chi connectivity index (χ4v) is 2.41. The molecule has 1 fully saturated rings. The first-order valence-electron chi connectivity index (χ1n) is 6.38. The molecule has 1 aliphatic heterocycles. The van der Waals surface area contributed by atoms with Crippen LogP contribution in [-0.4, -0.2) is 47.8 Å². The molecule has 1 aliphatic rings. The fraction of sp³-hybridized carbons (Fsp3) is 0.429. The second-order valence-electron chi connectivity index (χ2n) is 4.75. The molecule has 18 heavy (non-hydrogen) atoms. The topological polar surface area (TPSA) is 48.5 Å². The van der Waals surface area contributed by atoms with Gasteiger partial charge in [0, 0.05) is 31.3 Å². The van der Waals surface area contributed by atoms with Crippen molar-refractivity contribution in [3.8, 4) is 0 Å². The number of morpholine rings is 1. The third kappa shape index (κ3) is 2.41. The van der Waals surface area contributed by atoms with E-state index < -0.39 is 6.10 Å². The first kappa shape index (κ1) is 11.7. The summed E-state index contributed by atoms with van der Waals surface area (Å²) in [4.78, 5) is 5.42. The molecule has 4 nitrogen and oxygen atoms in total. The Morgan fingerprint density at radius 2 is 2.11 bits per heavy atom. The van der Waals surface area contributed by atoms with Gasteiger partial charge in [0.2, 0.25) is 0 Å². The zero-order valence-electron chi connectivity index (χ0n) is 10.3. The van der Waals surface area contributed by atoms with Crippen LogP contribution in [-0.2, 0) is 4.74 Å². The number of ether oxygens (including phenoxy) is 1. The van der Waals surface area contributed by atoms with E-state index in [0.717, 1.165) is 37.4 Å². The first-order valence-corrected chi connectivity index (χ1v) is 6.38. The highest BCUT2D eigenvalue weighted by Gasteiger charge is 2.16. The van der Waals surface area contributed by atoms with Gasteiger partial charge < -0.3 is 14.8 Å². The minimum Gasteiger partial charge on any atom is -0.387 e. The summed E-state index contributed by atoms with van der Waals surface area (Å²) in [7, 11) is 0. The molecule has 2 aromatic rings. The monoisotopic (exact) mass is 246 g/mol. The summed E-state index contributed by atoms with van der Waals surface area (Å²) in [5.41, 5.74) is 2.05. The van der Waals surface area contributed by atoms with E-state index in [2.05, 4.69) is 9.88 Å². The Labute approximate surface area is 106 Å². The summed E-state index contributed by atoms with van der Waals surface area (Å²) in [5, 5.41) is 11.5. The number of nitrogens with one attached hydrogen (secondary N) is 1.